The molecule has 0 aliphatic carbocycles. The van der Waals surface area contributed by atoms with Crippen molar-refractivity contribution >= 4 is 45.2 Å². The van der Waals surface area contributed by atoms with Crippen molar-refractivity contribution in [2.24, 2.45) is 0 Å². The van der Waals surface area contributed by atoms with Crippen LogP contribution in [0.25, 0.3) is 27.6 Å². The van der Waals surface area contributed by atoms with Crippen LogP contribution in [0.1, 0.15) is 5.56 Å². The van der Waals surface area contributed by atoms with E-state index in [-0.39, 0.29) is 5.56 Å². The van der Waals surface area contributed by atoms with Crippen LogP contribution in [0.4, 0.5) is 0 Å². The second kappa shape index (κ2) is 8.77. The minimum absolute atomic E-state index is 0.174. The van der Waals surface area contributed by atoms with Gasteiger partial charge in [0.1, 0.15) is 11.3 Å². The van der Waals surface area contributed by atoms with Gasteiger partial charge in [-0.15, -0.1) is 0 Å². The Morgan fingerprint density at radius 1 is 1.00 bits per heavy atom. The van der Waals surface area contributed by atoms with Gasteiger partial charge in [-0.05, 0) is 54.1 Å². The molecule has 0 atom stereocenters. The normalized spacial score (nSPS) is 11.2. The molecule has 2 aromatic heterocycles. The summed E-state index contributed by atoms with van der Waals surface area (Å²) in [4.78, 5) is 30.3. The Hall–Kier alpha value is -3.55. The van der Waals surface area contributed by atoms with Gasteiger partial charge >= 0.3 is 5.63 Å². The molecule has 6 nitrogen and oxygen atoms in total. The molecular weight excluding hydrogens is 460 g/mol. The lowest BCUT2D eigenvalue weighted by Gasteiger charge is -2.14. The Morgan fingerprint density at radius 3 is 2.58 bits per heavy atom. The molecule has 8 heteroatoms. The summed E-state index contributed by atoms with van der Waals surface area (Å²) in [5.74, 6) is 1.01. The van der Waals surface area contributed by atoms with Gasteiger partial charge in [-0.2, -0.15) is 0 Å². The molecule has 0 aliphatic rings. The standard InChI is InChI=1S/C25H17ClN2O4S/c1-31-18-10-11-19-15(12-23(29)32-22(19)13-18)14-33-25-27-21-5-3-2-4-20(21)24(30)28(25)17-8-6-16(26)7-9-17/h2-13H,14H2,1H3. The van der Waals surface area contributed by atoms with Gasteiger partial charge in [-0.3, -0.25) is 9.36 Å². The van der Waals surface area contributed by atoms with E-state index in [1.807, 2.05) is 30.3 Å². The van der Waals surface area contributed by atoms with Crippen LogP contribution < -0.4 is 15.9 Å². The minimum Gasteiger partial charge on any atom is -0.497 e. The highest BCUT2D eigenvalue weighted by Crippen LogP contribution is 2.29. The molecule has 0 radical (unpaired) electrons. The largest absolute Gasteiger partial charge is 0.497 e. The van der Waals surface area contributed by atoms with Crippen molar-refractivity contribution in [2.75, 3.05) is 7.11 Å². The molecule has 0 saturated heterocycles. The Balaban J connectivity index is 1.62. The first-order valence-electron chi connectivity index (χ1n) is 10.0. The fourth-order valence-electron chi connectivity index (χ4n) is 3.63. The summed E-state index contributed by atoms with van der Waals surface area (Å²) in [5, 5.41) is 2.40. The molecule has 5 aromatic rings. The first kappa shape index (κ1) is 21.3. The number of hydrogen-bond donors (Lipinski definition) is 0. The number of halogens is 1. The van der Waals surface area contributed by atoms with Crippen molar-refractivity contribution < 1.29 is 9.15 Å². The van der Waals surface area contributed by atoms with Crippen LogP contribution in [0.5, 0.6) is 5.75 Å². The molecule has 0 saturated carbocycles. The van der Waals surface area contributed by atoms with Gasteiger partial charge in [-0.1, -0.05) is 35.5 Å². The van der Waals surface area contributed by atoms with Crippen molar-refractivity contribution in [2.45, 2.75) is 10.9 Å². The zero-order valence-corrected chi connectivity index (χ0v) is 19.0. The molecule has 0 amide bonds. The van der Waals surface area contributed by atoms with E-state index in [0.29, 0.717) is 43.9 Å². The van der Waals surface area contributed by atoms with Crippen LogP contribution in [-0.4, -0.2) is 16.7 Å². The van der Waals surface area contributed by atoms with Crippen LogP contribution >= 0.6 is 23.4 Å². The van der Waals surface area contributed by atoms with Crippen LogP contribution in [0.3, 0.4) is 0 Å². The number of fused-ring (bicyclic) bond motifs is 2. The van der Waals surface area contributed by atoms with E-state index in [4.69, 9.17) is 25.7 Å². The molecule has 33 heavy (non-hydrogen) atoms. The first-order chi connectivity index (χ1) is 16.0. The average molecular weight is 477 g/mol. The second-order valence-corrected chi connectivity index (χ2v) is 8.65. The molecule has 0 bridgehead atoms. The van der Waals surface area contributed by atoms with E-state index in [1.54, 1.807) is 48.1 Å². The van der Waals surface area contributed by atoms with Crippen LogP contribution in [0.2, 0.25) is 5.02 Å². The van der Waals surface area contributed by atoms with Crippen LogP contribution in [-0.2, 0) is 5.75 Å². The molecule has 164 valence electrons. The molecule has 2 heterocycles. The first-order valence-corrected chi connectivity index (χ1v) is 11.4. The summed E-state index contributed by atoms with van der Waals surface area (Å²) >= 11 is 7.42. The Labute approximate surface area is 197 Å². The molecule has 0 N–H and O–H groups in total. The number of benzene rings is 3. The number of aromatic nitrogens is 2. The lowest BCUT2D eigenvalue weighted by Crippen LogP contribution is -2.21. The Kier molecular flexibility index (Phi) is 5.66. The van der Waals surface area contributed by atoms with E-state index in [0.717, 1.165) is 10.9 Å². The monoisotopic (exact) mass is 476 g/mol. The highest BCUT2D eigenvalue weighted by molar-refractivity contribution is 7.98. The molecule has 0 fully saturated rings. The van der Waals surface area contributed by atoms with Gasteiger partial charge in [0.15, 0.2) is 5.16 Å². The van der Waals surface area contributed by atoms with Crippen molar-refractivity contribution in [3.05, 3.63) is 104 Å². The zero-order chi connectivity index (χ0) is 22.9. The maximum atomic E-state index is 13.4. The second-order valence-electron chi connectivity index (χ2n) is 7.27. The smallest absolute Gasteiger partial charge is 0.336 e. The molecule has 3 aromatic carbocycles. The van der Waals surface area contributed by atoms with Gasteiger partial charge in [-0.25, -0.2) is 9.78 Å². The van der Waals surface area contributed by atoms with Gasteiger partial charge in [0, 0.05) is 28.3 Å². The van der Waals surface area contributed by atoms with E-state index >= 15 is 0 Å². The van der Waals surface area contributed by atoms with Crippen LogP contribution in [0, 0.1) is 0 Å². The predicted octanol–water partition coefficient (Wildman–Crippen LogP) is 5.45. The van der Waals surface area contributed by atoms with E-state index in [1.165, 1.54) is 17.8 Å². The number of rotatable bonds is 5. The highest BCUT2D eigenvalue weighted by Gasteiger charge is 2.15. The quantitative estimate of drug-likeness (QED) is 0.191. The molecule has 5 rings (SSSR count). The van der Waals surface area contributed by atoms with Crippen molar-refractivity contribution in [3.8, 4) is 11.4 Å². The molecule has 0 unspecified atom stereocenters. The third-order valence-electron chi connectivity index (χ3n) is 5.22. The fraction of sp³-hybridized carbons (Fsp3) is 0.0800. The van der Waals surface area contributed by atoms with Gasteiger partial charge in [0.05, 0.1) is 23.7 Å². The van der Waals surface area contributed by atoms with Crippen molar-refractivity contribution in [1.82, 2.24) is 9.55 Å². The number of ether oxygens (including phenoxy) is 1. The predicted molar refractivity (Wildman–Crippen MR) is 131 cm³/mol. The maximum Gasteiger partial charge on any atom is 0.336 e. The number of methoxy groups -OCH3 is 1. The Bertz CT molecular complexity index is 1610. The van der Waals surface area contributed by atoms with Gasteiger partial charge in [0.2, 0.25) is 0 Å². The summed E-state index contributed by atoms with van der Waals surface area (Å²) in [6, 6.07) is 21.1. The fourth-order valence-corrected chi connectivity index (χ4v) is 4.76. The van der Waals surface area contributed by atoms with E-state index < -0.39 is 5.63 Å². The summed E-state index contributed by atoms with van der Waals surface area (Å²) in [6.07, 6.45) is 0. The molecular formula is C25H17ClN2O4S. The van der Waals surface area contributed by atoms with Gasteiger partial charge in [0.25, 0.3) is 5.56 Å². The van der Waals surface area contributed by atoms with Crippen molar-refractivity contribution in [3.63, 3.8) is 0 Å². The lowest BCUT2D eigenvalue weighted by atomic mass is 10.1. The number of thioether (sulfide) groups is 1. The summed E-state index contributed by atoms with van der Waals surface area (Å²) in [5.41, 5.74) is 1.86. The average Bonchev–Trinajstić information content (AvgIpc) is 2.83. The molecule has 0 aliphatic heterocycles. The topological polar surface area (TPSA) is 74.3 Å². The highest BCUT2D eigenvalue weighted by atomic mass is 35.5. The SMILES string of the molecule is COc1ccc2c(CSc3nc4ccccc4c(=O)n3-c3ccc(Cl)cc3)cc(=O)oc2c1. The number of para-hydroxylation sites is 1. The maximum absolute atomic E-state index is 13.4. The Morgan fingerprint density at radius 2 is 1.79 bits per heavy atom. The summed E-state index contributed by atoms with van der Waals surface area (Å²) in [6.45, 7) is 0. The third-order valence-corrected chi connectivity index (χ3v) is 6.46. The van der Waals surface area contributed by atoms with Gasteiger partial charge < -0.3 is 9.15 Å². The molecule has 0 spiro atoms. The van der Waals surface area contributed by atoms with E-state index in [9.17, 15) is 9.59 Å². The summed E-state index contributed by atoms with van der Waals surface area (Å²) < 4.78 is 12.2. The lowest BCUT2D eigenvalue weighted by molar-refractivity contribution is 0.414. The number of nitrogens with zero attached hydrogens (tertiary/aromatic N) is 2. The number of hydrogen-bond acceptors (Lipinski definition) is 6. The zero-order valence-electron chi connectivity index (χ0n) is 17.4. The third kappa shape index (κ3) is 4.13. The van der Waals surface area contributed by atoms with E-state index in [2.05, 4.69) is 0 Å². The van der Waals surface area contributed by atoms with Crippen LogP contribution in [0.15, 0.2) is 92.0 Å². The van der Waals surface area contributed by atoms with Crippen molar-refractivity contribution in [1.29, 1.82) is 0 Å². The minimum atomic E-state index is -0.451. The summed E-state index contributed by atoms with van der Waals surface area (Å²) in [7, 11) is 1.56.